The monoisotopic (exact) mass is 283 g/mol. The summed E-state index contributed by atoms with van der Waals surface area (Å²) in [7, 11) is 0. The van der Waals surface area contributed by atoms with Crippen LogP contribution in [-0.2, 0) is 4.79 Å². The van der Waals surface area contributed by atoms with Crippen LogP contribution in [0.5, 0.6) is 0 Å². The molecule has 3 rings (SSSR count). The third kappa shape index (κ3) is 2.09. The summed E-state index contributed by atoms with van der Waals surface area (Å²) in [5.41, 5.74) is 2.71. The predicted octanol–water partition coefficient (Wildman–Crippen LogP) is 3.30. The highest BCUT2D eigenvalue weighted by Crippen LogP contribution is 2.37. The van der Waals surface area contributed by atoms with E-state index in [-0.39, 0.29) is 12.5 Å². The summed E-state index contributed by atoms with van der Waals surface area (Å²) in [6, 6.07) is 14.6. The van der Waals surface area contributed by atoms with Gasteiger partial charge in [0, 0.05) is 5.02 Å². The minimum absolute atomic E-state index is 0.118. The molecule has 0 unspecified atom stereocenters. The fourth-order valence-electron chi connectivity index (χ4n) is 2.27. The molecule has 0 spiro atoms. The lowest BCUT2D eigenvalue weighted by Gasteiger charge is -2.31. The maximum Gasteiger partial charge on any atom is 0.244 e. The molecule has 5 heteroatoms. The first kappa shape index (κ1) is 12.5. The average Bonchev–Trinajstić information content (AvgIpc) is 2.46. The number of fused-ring (bicyclic) bond motifs is 1. The number of rotatable bonds is 1. The number of carbonyl (C=O) groups excluding carboxylic acids is 1. The molecule has 1 N–H and O–H groups in total. The number of hydrogen-bond donors (Lipinski definition) is 1. The molecule has 1 amide bonds. The molecule has 0 radical (unpaired) electrons. The van der Waals surface area contributed by atoms with Crippen molar-refractivity contribution in [2.24, 2.45) is 0 Å². The maximum absolute atomic E-state index is 11.8. The van der Waals surface area contributed by atoms with Gasteiger partial charge >= 0.3 is 0 Å². The first-order valence-corrected chi connectivity index (χ1v) is 6.43. The fraction of sp³-hybridized carbons (Fsp3) is 0.0667. The number of halogens is 1. The summed E-state index contributed by atoms with van der Waals surface area (Å²) in [5.74, 6) is -0.118. The molecule has 2 aromatic carbocycles. The van der Waals surface area contributed by atoms with Crippen molar-refractivity contribution in [2.45, 2.75) is 0 Å². The molecular formula is C15H10ClN3O. The van der Waals surface area contributed by atoms with E-state index in [4.69, 9.17) is 11.6 Å². The van der Waals surface area contributed by atoms with Gasteiger partial charge < -0.3 is 10.2 Å². The van der Waals surface area contributed by atoms with E-state index >= 15 is 0 Å². The number of benzene rings is 2. The molecule has 0 aliphatic carbocycles. The van der Waals surface area contributed by atoms with Gasteiger partial charge in [-0.1, -0.05) is 23.7 Å². The number of para-hydroxylation sites is 2. The number of nitrogens with one attached hydrogen (secondary N) is 1. The van der Waals surface area contributed by atoms with Crippen molar-refractivity contribution in [1.82, 2.24) is 0 Å². The Hall–Kier alpha value is -2.51. The topological polar surface area (TPSA) is 56.1 Å². The number of amides is 1. The Balaban J connectivity index is 2.18. The predicted molar refractivity (Wildman–Crippen MR) is 78.2 cm³/mol. The van der Waals surface area contributed by atoms with Gasteiger partial charge in [-0.3, -0.25) is 4.79 Å². The third-order valence-corrected chi connectivity index (χ3v) is 3.38. The van der Waals surface area contributed by atoms with Crippen LogP contribution in [0, 0.1) is 11.3 Å². The quantitative estimate of drug-likeness (QED) is 0.873. The second kappa shape index (κ2) is 4.87. The molecule has 20 heavy (non-hydrogen) atoms. The summed E-state index contributed by atoms with van der Waals surface area (Å²) in [6.07, 6.45) is 0. The van der Waals surface area contributed by atoms with E-state index in [0.29, 0.717) is 16.3 Å². The molecule has 1 aliphatic heterocycles. The van der Waals surface area contributed by atoms with Crippen LogP contribution in [-0.4, -0.2) is 12.5 Å². The van der Waals surface area contributed by atoms with Gasteiger partial charge in [0.1, 0.15) is 12.6 Å². The Morgan fingerprint density at radius 3 is 2.80 bits per heavy atom. The molecule has 0 saturated carbocycles. The third-order valence-electron chi connectivity index (χ3n) is 3.14. The van der Waals surface area contributed by atoms with Crippen LogP contribution in [0.25, 0.3) is 0 Å². The number of nitriles is 1. The largest absolute Gasteiger partial charge is 0.329 e. The highest BCUT2D eigenvalue weighted by Gasteiger charge is 2.24. The summed E-state index contributed by atoms with van der Waals surface area (Å²) >= 11 is 6.02. The van der Waals surface area contributed by atoms with Crippen LogP contribution in [0.15, 0.2) is 42.5 Å². The van der Waals surface area contributed by atoms with E-state index < -0.39 is 0 Å². The number of anilines is 3. The van der Waals surface area contributed by atoms with Gasteiger partial charge in [-0.25, -0.2) is 0 Å². The second-order valence-corrected chi connectivity index (χ2v) is 4.86. The van der Waals surface area contributed by atoms with Gasteiger partial charge in [-0.15, -0.1) is 0 Å². The van der Waals surface area contributed by atoms with Crippen LogP contribution < -0.4 is 10.2 Å². The lowest BCUT2D eigenvalue weighted by molar-refractivity contribution is -0.115. The second-order valence-electron chi connectivity index (χ2n) is 4.42. The van der Waals surface area contributed by atoms with Crippen molar-refractivity contribution in [2.75, 3.05) is 16.8 Å². The van der Waals surface area contributed by atoms with Crippen molar-refractivity contribution >= 4 is 34.6 Å². The fourth-order valence-corrected chi connectivity index (χ4v) is 2.44. The lowest BCUT2D eigenvalue weighted by atomic mass is 10.1. The summed E-state index contributed by atoms with van der Waals surface area (Å²) in [6.45, 7) is 0.159. The van der Waals surface area contributed by atoms with Gasteiger partial charge in [0.2, 0.25) is 5.91 Å². The highest BCUT2D eigenvalue weighted by molar-refractivity contribution is 6.31. The molecule has 0 bridgehead atoms. The zero-order valence-electron chi connectivity index (χ0n) is 10.4. The van der Waals surface area contributed by atoms with Crippen LogP contribution in [0.2, 0.25) is 5.02 Å². The molecule has 4 nitrogen and oxygen atoms in total. The molecule has 0 atom stereocenters. The average molecular weight is 284 g/mol. The smallest absolute Gasteiger partial charge is 0.244 e. The van der Waals surface area contributed by atoms with E-state index in [1.807, 2.05) is 24.3 Å². The SMILES string of the molecule is N#Cc1ccc(Cl)cc1N1CC(=O)Nc2ccccc21. The Kier molecular flexibility index (Phi) is 3.05. The minimum atomic E-state index is -0.118. The van der Waals surface area contributed by atoms with Gasteiger partial charge in [-0.2, -0.15) is 5.26 Å². The van der Waals surface area contributed by atoms with E-state index in [1.54, 1.807) is 23.1 Å². The minimum Gasteiger partial charge on any atom is -0.329 e. The highest BCUT2D eigenvalue weighted by atomic mass is 35.5. The summed E-state index contributed by atoms with van der Waals surface area (Å²) in [5, 5.41) is 12.6. The normalized spacial score (nSPS) is 13.4. The first-order chi connectivity index (χ1) is 9.69. The van der Waals surface area contributed by atoms with Gasteiger partial charge in [0.25, 0.3) is 0 Å². The van der Waals surface area contributed by atoms with Gasteiger partial charge in [0.15, 0.2) is 0 Å². The summed E-state index contributed by atoms with van der Waals surface area (Å²) in [4.78, 5) is 13.6. The maximum atomic E-state index is 11.8. The molecule has 98 valence electrons. The number of carbonyl (C=O) groups is 1. The van der Waals surface area contributed by atoms with Crippen LogP contribution in [0.1, 0.15) is 5.56 Å². The zero-order valence-corrected chi connectivity index (χ0v) is 11.2. The van der Waals surface area contributed by atoms with Crippen LogP contribution in [0.3, 0.4) is 0 Å². The van der Waals surface area contributed by atoms with Crippen molar-refractivity contribution < 1.29 is 4.79 Å². The molecule has 1 aliphatic rings. The van der Waals surface area contributed by atoms with E-state index in [2.05, 4.69) is 11.4 Å². The van der Waals surface area contributed by atoms with E-state index in [0.717, 1.165) is 11.4 Å². The van der Waals surface area contributed by atoms with Crippen molar-refractivity contribution in [3.05, 3.63) is 53.1 Å². The standard InChI is InChI=1S/C15H10ClN3O/c16-11-6-5-10(8-17)14(7-11)19-9-15(20)18-12-3-1-2-4-13(12)19/h1-7H,9H2,(H,18,20). The van der Waals surface area contributed by atoms with E-state index in [9.17, 15) is 10.1 Å². The zero-order chi connectivity index (χ0) is 14.1. The Bertz CT molecular complexity index is 736. The molecule has 0 saturated heterocycles. The number of hydrogen-bond acceptors (Lipinski definition) is 3. The molecular weight excluding hydrogens is 274 g/mol. The lowest BCUT2D eigenvalue weighted by Crippen LogP contribution is -2.35. The molecule has 0 fully saturated rings. The van der Waals surface area contributed by atoms with Crippen molar-refractivity contribution in [1.29, 1.82) is 5.26 Å². The van der Waals surface area contributed by atoms with Gasteiger partial charge in [0.05, 0.1) is 22.6 Å². The number of nitrogens with zero attached hydrogens (tertiary/aromatic N) is 2. The Morgan fingerprint density at radius 2 is 2.00 bits per heavy atom. The molecule has 0 aromatic heterocycles. The Morgan fingerprint density at radius 1 is 1.20 bits per heavy atom. The van der Waals surface area contributed by atoms with Crippen molar-refractivity contribution in [3.8, 4) is 6.07 Å². The van der Waals surface area contributed by atoms with Crippen molar-refractivity contribution in [3.63, 3.8) is 0 Å². The first-order valence-electron chi connectivity index (χ1n) is 6.05. The molecule has 1 heterocycles. The summed E-state index contributed by atoms with van der Waals surface area (Å²) < 4.78 is 0. The van der Waals surface area contributed by atoms with Gasteiger partial charge in [-0.05, 0) is 30.3 Å². The Labute approximate surface area is 121 Å². The van der Waals surface area contributed by atoms with E-state index in [1.165, 1.54) is 0 Å². The molecule has 2 aromatic rings. The van der Waals surface area contributed by atoms with Crippen LogP contribution >= 0.6 is 11.6 Å². The van der Waals surface area contributed by atoms with Crippen LogP contribution in [0.4, 0.5) is 17.1 Å².